The van der Waals surface area contributed by atoms with Gasteiger partial charge in [0.1, 0.15) is 18.0 Å². The van der Waals surface area contributed by atoms with Gasteiger partial charge in [-0.25, -0.2) is 9.37 Å². The van der Waals surface area contributed by atoms with Crippen molar-refractivity contribution in [2.24, 2.45) is 0 Å². The molecule has 1 aromatic carbocycles. The first kappa shape index (κ1) is 18.6. The number of ether oxygens (including phenoxy) is 4. The van der Waals surface area contributed by atoms with E-state index in [2.05, 4.69) is 15.3 Å². The van der Waals surface area contributed by atoms with Crippen LogP contribution in [0.5, 0.6) is 5.88 Å². The van der Waals surface area contributed by atoms with E-state index >= 15 is 0 Å². The molecular formula is C19H20FN3O5. The highest BCUT2D eigenvalue weighted by Gasteiger charge is 2.50. The van der Waals surface area contributed by atoms with Crippen LogP contribution in [0.2, 0.25) is 0 Å². The van der Waals surface area contributed by atoms with Crippen molar-refractivity contribution in [1.29, 1.82) is 0 Å². The second-order valence-electron chi connectivity index (χ2n) is 6.60. The number of rotatable bonds is 6. The number of hydrogen-bond acceptors (Lipinski definition) is 8. The fraction of sp³-hybridized carbons (Fsp3) is 0.421. The Bertz CT molecular complexity index is 835. The predicted octanol–water partition coefficient (Wildman–Crippen LogP) is 1.70. The molecule has 0 unspecified atom stereocenters. The van der Waals surface area contributed by atoms with Crippen molar-refractivity contribution in [2.45, 2.75) is 37.9 Å². The van der Waals surface area contributed by atoms with Gasteiger partial charge in [0.2, 0.25) is 11.8 Å². The van der Waals surface area contributed by atoms with Gasteiger partial charge in [-0.15, -0.1) is 0 Å². The normalized spacial score (nSPS) is 25.9. The first-order valence-corrected chi connectivity index (χ1v) is 8.97. The highest BCUT2D eigenvalue weighted by molar-refractivity contribution is 5.66. The van der Waals surface area contributed by atoms with Crippen molar-refractivity contribution in [3.05, 3.63) is 47.9 Å². The molecule has 1 aromatic heterocycles. The lowest BCUT2D eigenvalue weighted by atomic mass is 10.1. The molecular weight excluding hydrogens is 369 g/mol. The van der Waals surface area contributed by atoms with Gasteiger partial charge in [0.25, 0.3) is 0 Å². The van der Waals surface area contributed by atoms with E-state index < -0.39 is 6.10 Å². The highest BCUT2D eigenvalue weighted by Crippen LogP contribution is 2.31. The summed E-state index contributed by atoms with van der Waals surface area (Å²) in [6, 6.07) is 7.83. The van der Waals surface area contributed by atoms with Gasteiger partial charge in [0.05, 0.1) is 13.2 Å². The second-order valence-corrected chi connectivity index (χ2v) is 6.60. The number of halogens is 1. The average molecular weight is 389 g/mol. The Kier molecular flexibility index (Phi) is 5.36. The number of aromatic nitrogens is 2. The number of esters is 1. The summed E-state index contributed by atoms with van der Waals surface area (Å²) in [7, 11) is 0. The molecule has 0 bridgehead atoms. The summed E-state index contributed by atoms with van der Waals surface area (Å²) in [6.07, 6.45) is 0.140. The lowest BCUT2D eigenvalue weighted by molar-refractivity contribution is -0.150. The molecule has 2 fully saturated rings. The molecule has 9 heteroatoms. The molecule has 148 valence electrons. The van der Waals surface area contributed by atoms with Crippen molar-refractivity contribution in [3.8, 4) is 5.88 Å². The number of nitrogens with zero attached hydrogens (tertiary/aromatic N) is 2. The van der Waals surface area contributed by atoms with Gasteiger partial charge in [0, 0.05) is 25.7 Å². The highest BCUT2D eigenvalue weighted by atomic mass is 19.1. The molecule has 0 amide bonds. The van der Waals surface area contributed by atoms with Gasteiger partial charge in [0.15, 0.2) is 12.2 Å². The third kappa shape index (κ3) is 4.20. The second kappa shape index (κ2) is 8.07. The molecule has 0 aliphatic carbocycles. The van der Waals surface area contributed by atoms with Crippen LogP contribution in [0.4, 0.5) is 10.3 Å². The van der Waals surface area contributed by atoms with Crippen molar-refractivity contribution in [3.63, 3.8) is 0 Å². The van der Waals surface area contributed by atoms with Crippen molar-refractivity contribution in [2.75, 3.05) is 18.5 Å². The van der Waals surface area contributed by atoms with Crippen LogP contribution < -0.4 is 10.1 Å². The van der Waals surface area contributed by atoms with E-state index in [1.54, 1.807) is 24.4 Å². The summed E-state index contributed by atoms with van der Waals surface area (Å²) in [5, 5.41) is 3.08. The maximum atomic E-state index is 13.0. The number of benzene rings is 1. The Morgan fingerprint density at radius 3 is 2.64 bits per heavy atom. The van der Waals surface area contributed by atoms with Crippen LogP contribution in [0.3, 0.4) is 0 Å². The monoisotopic (exact) mass is 389 g/mol. The van der Waals surface area contributed by atoms with E-state index in [0.29, 0.717) is 25.0 Å². The molecule has 2 aliphatic rings. The zero-order valence-electron chi connectivity index (χ0n) is 15.2. The van der Waals surface area contributed by atoms with Crippen molar-refractivity contribution >= 4 is 11.9 Å². The molecule has 28 heavy (non-hydrogen) atoms. The Balaban J connectivity index is 1.35. The van der Waals surface area contributed by atoms with Gasteiger partial charge in [-0.05, 0) is 17.7 Å². The van der Waals surface area contributed by atoms with Crippen molar-refractivity contribution < 1.29 is 28.1 Å². The molecule has 3 heterocycles. The minimum Gasteiger partial charge on any atom is -0.469 e. The zero-order chi connectivity index (χ0) is 19.5. The van der Waals surface area contributed by atoms with E-state index in [-0.39, 0.29) is 36.7 Å². The quantitative estimate of drug-likeness (QED) is 0.747. The minimum atomic E-state index is -0.422. The first-order chi connectivity index (χ1) is 13.6. The maximum Gasteiger partial charge on any atom is 0.303 e. The van der Waals surface area contributed by atoms with E-state index in [0.717, 1.165) is 5.56 Å². The summed E-state index contributed by atoms with van der Waals surface area (Å²) >= 11 is 0. The SMILES string of the molecule is CC(=O)O[C@H]1CO[C@H]2[C@@H]1OC[C@@H]2Oc1ccnc(NCc2ccc(F)cc2)n1. The average Bonchev–Trinajstić information content (AvgIpc) is 3.25. The number of hydrogen-bond donors (Lipinski definition) is 1. The molecule has 2 aliphatic heterocycles. The third-order valence-corrected chi connectivity index (χ3v) is 4.55. The lowest BCUT2D eigenvalue weighted by Crippen LogP contribution is -2.36. The lowest BCUT2D eigenvalue weighted by Gasteiger charge is -2.17. The van der Waals surface area contributed by atoms with Gasteiger partial charge < -0.3 is 24.3 Å². The van der Waals surface area contributed by atoms with Crippen LogP contribution in [0.15, 0.2) is 36.5 Å². The molecule has 0 spiro atoms. The van der Waals surface area contributed by atoms with Crippen molar-refractivity contribution in [1.82, 2.24) is 9.97 Å². The van der Waals surface area contributed by atoms with Crippen LogP contribution in [0, 0.1) is 5.82 Å². The van der Waals surface area contributed by atoms with E-state index in [1.165, 1.54) is 19.1 Å². The number of anilines is 1. The van der Waals surface area contributed by atoms with Gasteiger partial charge in [-0.2, -0.15) is 4.98 Å². The van der Waals surface area contributed by atoms with Crippen LogP contribution >= 0.6 is 0 Å². The molecule has 0 radical (unpaired) electrons. The van der Waals surface area contributed by atoms with Gasteiger partial charge >= 0.3 is 5.97 Å². The topological polar surface area (TPSA) is 91.8 Å². The summed E-state index contributed by atoms with van der Waals surface area (Å²) in [4.78, 5) is 19.7. The Morgan fingerprint density at radius 2 is 1.89 bits per heavy atom. The summed E-state index contributed by atoms with van der Waals surface area (Å²) in [5.74, 6) is 0.125. The number of nitrogens with one attached hydrogen (secondary N) is 1. The van der Waals surface area contributed by atoms with Crippen LogP contribution in [0.1, 0.15) is 12.5 Å². The number of carbonyl (C=O) groups is 1. The predicted molar refractivity (Wildman–Crippen MR) is 95.2 cm³/mol. The van der Waals surface area contributed by atoms with Crippen LogP contribution in [-0.2, 0) is 25.5 Å². The summed E-state index contributed by atoms with van der Waals surface area (Å²) in [6.45, 7) is 2.41. The standard InChI is InChI=1S/C19H20FN3O5/c1-11(24)27-14-9-25-18-15(10-26-17(14)18)28-16-6-7-21-19(23-16)22-8-12-2-4-13(20)5-3-12/h2-7,14-15,17-18H,8-10H2,1H3,(H,21,22,23)/t14-,15-,17+,18+/m0/s1. The molecule has 2 saturated heterocycles. The number of fused-ring (bicyclic) bond motifs is 1. The van der Waals surface area contributed by atoms with Crippen LogP contribution in [0.25, 0.3) is 0 Å². The molecule has 4 rings (SSSR count). The largest absolute Gasteiger partial charge is 0.469 e. The molecule has 4 atom stereocenters. The third-order valence-electron chi connectivity index (χ3n) is 4.55. The summed E-state index contributed by atoms with van der Waals surface area (Å²) < 4.78 is 35.5. The molecule has 0 saturated carbocycles. The Labute approximate surface area is 161 Å². The summed E-state index contributed by atoms with van der Waals surface area (Å²) in [5.41, 5.74) is 0.902. The van der Waals surface area contributed by atoms with Gasteiger partial charge in [-0.1, -0.05) is 12.1 Å². The smallest absolute Gasteiger partial charge is 0.303 e. The van der Waals surface area contributed by atoms with E-state index in [9.17, 15) is 9.18 Å². The molecule has 1 N–H and O–H groups in total. The fourth-order valence-corrected chi connectivity index (χ4v) is 3.28. The number of carbonyl (C=O) groups excluding carboxylic acids is 1. The fourth-order valence-electron chi connectivity index (χ4n) is 3.28. The first-order valence-electron chi connectivity index (χ1n) is 8.97. The van der Waals surface area contributed by atoms with E-state index in [1.807, 2.05) is 0 Å². The minimum absolute atomic E-state index is 0.280. The Morgan fingerprint density at radius 1 is 1.18 bits per heavy atom. The van der Waals surface area contributed by atoms with E-state index in [4.69, 9.17) is 18.9 Å². The van der Waals surface area contributed by atoms with Crippen LogP contribution in [-0.4, -0.2) is 53.6 Å². The zero-order valence-corrected chi connectivity index (χ0v) is 15.2. The Hall–Kier alpha value is -2.78. The maximum absolute atomic E-state index is 13.0. The molecule has 8 nitrogen and oxygen atoms in total. The van der Waals surface area contributed by atoms with Gasteiger partial charge in [-0.3, -0.25) is 4.79 Å². The molecule has 2 aromatic rings.